The van der Waals surface area contributed by atoms with Crippen molar-refractivity contribution >= 4 is 0 Å². The van der Waals surface area contributed by atoms with E-state index in [4.69, 9.17) is 30.7 Å². The van der Waals surface area contributed by atoms with E-state index in [-0.39, 0.29) is 28.2 Å². The van der Waals surface area contributed by atoms with Gasteiger partial charge in [0.15, 0.2) is 0 Å². The van der Waals surface area contributed by atoms with Crippen molar-refractivity contribution in [2.75, 3.05) is 0 Å². The highest BCUT2D eigenvalue weighted by molar-refractivity contribution is 5.88. The van der Waals surface area contributed by atoms with E-state index in [1.54, 1.807) is 112 Å². The largest absolute Gasteiger partial charge is 0.483 e. The van der Waals surface area contributed by atoms with E-state index in [0.717, 1.165) is 0 Å². The van der Waals surface area contributed by atoms with Crippen molar-refractivity contribution in [1.82, 2.24) is 0 Å². The monoisotopic (exact) mass is 696 g/mol. The summed E-state index contributed by atoms with van der Waals surface area (Å²) in [4.78, 5) is 0. The van der Waals surface area contributed by atoms with Crippen LogP contribution in [0.15, 0.2) is 109 Å². The van der Waals surface area contributed by atoms with Gasteiger partial charge in [-0.15, -0.1) is 0 Å². The maximum Gasteiger partial charge on any atom is 0.139 e. The van der Waals surface area contributed by atoms with Crippen LogP contribution in [-0.2, 0) is 16.6 Å². The molecular weight excluding hydrogens is 637 g/mol. The lowest BCUT2D eigenvalue weighted by atomic mass is 9.74. The van der Waals surface area contributed by atoms with Gasteiger partial charge in [0.05, 0.1) is 0 Å². The third kappa shape index (κ3) is 5.24. The molecule has 0 fully saturated rings. The molecule has 2 heterocycles. The second-order valence-electron chi connectivity index (χ2n) is 14.7. The van der Waals surface area contributed by atoms with Gasteiger partial charge < -0.3 is 14.2 Å². The topological polar surface area (TPSA) is 27.7 Å². The molecule has 2 unspecified atom stereocenters. The third-order valence-corrected chi connectivity index (χ3v) is 10.6. The summed E-state index contributed by atoms with van der Waals surface area (Å²) in [5.41, 5.74) is 0.522. The molecule has 0 aliphatic carbocycles. The average molecular weight is 697 g/mol. The summed E-state index contributed by atoms with van der Waals surface area (Å²) in [5, 5.41) is 0. The van der Waals surface area contributed by atoms with Gasteiger partial charge in [0.2, 0.25) is 0 Å². The molecule has 0 spiro atoms. The van der Waals surface area contributed by atoms with Crippen molar-refractivity contribution in [3.05, 3.63) is 154 Å². The number of ether oxygens (including phenoxy) is 3. The highest BCUT2D eigenvalue weighted by Gasteiger charge is 2.38. The molecule has 2 aliphatic heterocycles. The summed E-state index contributed by atoms with van der Waals surface area (Å²) >= 11 is 0. The standard InChI is InChI=1S/C49H48O3/c1-29-22-25-34(31(3)44(29)33-24-27-39-43(28-33)52-48(7,8)38-18-12-14-21-42(38)51-49(39,9)10)35-26-23-30(2)45(32(35)4)36-16-15-19-40-46(36)50-41-20-13-11-17-37(41)47(40,5)6/h11-28H,1-10H3/i1D3,4D3,5D3,9D3. The van der Waals surface area contributed by atoms with Crippen molar-refractivity contribution in [3.63, 3.8) is 0 Å². The highest BCUT2D eigenvalue weighted by atomic mass is 16.5. The molecule has 6 aromatic rings. The molecule has 0 aromatic heterocycles. The molecule has 8 rings (SSSR count). The minimum absolute atomic E-state index is 0.00472. The molecule has 2 atom stereocenters. The maximum atomic E-state index is 9.07. The Hall–Kier alpha value is -5.28. The molecule has 0 saturated heterocycles. The van der Waals surface area contributed by atoms with Crippen LogP contribution in [-0.4, -0.2) is 0 Å². The number of fused-ring (bicyclic) bond motifs is 4. The Bertz CT molecular complexity index is 2850. The summed E-state index contributed by atoms with van der Waals surface area (Å²) in [5.74, 6) is 1.12. The van der Waals surface area contributed by atoms with Gasteiger partial charge in [-0.3, -0.25) is 0 Å². The van der Waals surface area contributed by atoms with Crippen LogP contribution >= 0.6 is 0 Å². The Balaban J connectivity index is 1.38. The van der Waals surface area contributed by atoms with Crippen molar-refractivity contribution in [3.8, 4) is 56.4 Å². The lowest BCUT2D eigenvalue weighted by molar-refractivity contribution is 0.0522. The number of rotatable bonds is 3. The molecule has 0 N–H and O–H groups in total. The van der Waals surface area contributed by atoms with E-state index in [0.29, 0.717) is 72.7 Å². The molecule has 3 heteroatoms. The molecule has 0 amide bonds. The molecule has 6 aromatic carbocycles. The zero-order valence-corrected chi connectivity index (χ0v) is 30.1. The smallest absolute Gasteiger partial charge is 0.139 e. The lowest BCUT2D eigenvalue weighted by Crippen LogP contribution is -2.34. The molecule has 0 radical (unpaired) electrons. The number of benzene rings is 6. The molecule has 2 aliphatic rings. The van der Waals surface area contributed by atoms with Gasteiger partial charge >= 0.3 is 0 Å². The van der Waals surface area contributed by atoms with Gasteiger partial charge in [0, 0.05) is 49.7 Å². The summed E-state index contributed by atoms with van der Waals surface area (Å²) < 4.78 is 125. The van der Waals surface area contributed by atoms with Crippen molar-refractivity contribution in [1.29, 1.82) is 0 Å². The minimum Gasteiger partial charge on any atom is -0.483 e. The molecule has 0 bridgehead atoms. The summed E-state index contributed by atoms with van der Waals surface area (Å²) in [6, 6.07) is 30.7. The first-order valence-electron chi connectivity index (χ1n) is 23.4. The van der Waals surface area contributed by atoms with Crippen LogP contribution in [0.1, 0.15) is 102 Å². The third-order valence-electron chi connectivity index (χ3n) is 10.6. The molecule has 0 saturated carbocycles. The van der Waals surface area contributed by atoms with Gasteiger partial charge in [0.25, 0.3) is 0 Å². The van der Waals surface area contributed by atoms with E-state index < -0.39 is 44.0 Å². The van der Waals surface area contributed by atoms with Crippen molar-refractivity contribution in [2.24, 2.45) is 0 Å². The predicted molar refractivity (Wildman–Crippen MR) is 214 cm³/mol. The van der Waals surface area contributed by atoms with Gasteiger partial charge in [-0.05, 0) is 123 Å². The number of hydrogen-bond donors (Lipinski definition) is 0. The van der Waals surface area contributed by atoms with Gasteiger partial charge in [-0.1, -0.05) is 105 Å². The van der Waals surface area contributed by atoms with Gasteiger partial charge in [-0.2, -0.15) is 0 Å². The quantitative estimate of drug-likeness (QED) is 0.184. The van der Waals surface area contributed by atoms with Gasteiger partial charge in [-0.25, -0.2) is 0 Å². The SMILES string of the molecule is [2H]C([2H])([2H])c1ccc(-c2ccc(C)c(-c3cccc4c3Oc3ccccc3C4(C)C([2H])([2H])[2H])c2C([2H])([2H])[2H])c(C)c1-c1ccc2c(c1)OC(C)(C)c1ccccc1OC2(C)C([2H])([2H])[2H]. The predicted octanol–water partition coefficient (Wildman–Crippen LogP) is 13.3. The maximum absolute atomic E-state index is 9.07. The Morgan fingerprint density at radius 3 is 1.92 bits per heavy atom. The molecule has 3 nitrogen and oxygen atoms in total. The van der Waals surface area contributed by atoms with Crippen LogP contribution in [0.25, 0.3) is 33.4 Å². The number of para-hydroxylation sites is 3. The number of aryl methyl sites for hydroxylation is 2. The van der Waals surface area contributed by atoms with E-state index in [1.807, 2.05) is 26.0 Å². The fourth-order valence-corrected chi connectivity index (χ4v) is 7.93. The van der Waals surface area contributed by atoms with Crippen LogP contribution in [0.3, 0.4) is 0 Å². The van der Waals surface area contributed by atoms with E-state index in [2.05, 4.69) is 0 Å². The Kier molecular flexibility index (Phi) is 5.17. The molecule has 262 valence electrons. The van der Waals surface area contributed by atoms with Crippen LogP contribution in [0.4, 0.5) is 0 Å². The second kappa shape index (κ2) is 11.9. The van der Waals surface area contributed by atoms with E-state index in [1.165, 1.54) is 13.0 Å². The first kappa shape index (κ1) is 22.6. The molecule has 52 heavy (non-hydrogen) atoms. The first-order chi connectivity index (χ1) is 29.6. The van der Waals surface area contributed by atoms with Crippen LogP contribution in [0.5, 0.6) is 23.0 Å². The lowest BCUT2D eigenvalue weighted by Gasteiger charge is -2.38. The van der Waals surface area contributed by atoms with Crippen molar-refractivity contribution in [2.45, 2.75) is 85.6 Å². The highest BCUT2D eigenvalue weighted by Crippen LogP contribution is 2.53. The van der Waals surface area contributed by atoms with Crippen LogP contribution in [0.2, 0.25) is 0 Å². The first-order valence-corrected chi connectivity index (χ1v) is 17.4. The van der Waals surface area contributed by atoms with Crippen LogP contribution in [0, 0.1) is 27.6 Å². The zero-order chi connectivity index (χ0) is 46.7. The minimum atomic E-state index is -2.74. The Morgan fingerprint density at radius 2 is 1.17 bits per heavy atom. The van der Waals surface area contributed by atoms with Crippen LogP contribution < -0.4 is 14.2 Å². The van der Waals surface area contributed by atoms with E-state index in [9.17, 15) is 0 Å². The normalized spacial score (nSPS) is 24.1. The summed E-state index contributed by atoms with van der Waals surface area (Å²) in [7, 11) is 0. The second-order valence-corrected chi connectivity index (χ2v) is 14.7. The van der Waals surface area contributed by atoms with Crippen molar-refractivity contribution < 1.29 is 30.7 Å². The number of hydrogen-bond acceptors (Lipinski definition) is 3. The van der Waals surface area contributed by atoms with E-state index >= 15 is 0 Å². The fraction of sp³-hybridized carbons (Fsp3) is 0.265. The Labute approximate surface area is 326 Å². The average Bonchev–Trinajstić information content (AvgIpc) is 3.19. The molecular formula is C49H48O3. The fourth-order valence-electron chi connectivity index (χ4n) is 7.93. The summed E-state index contributed by atoms with van der Waals surface area (Å²) in [6.07, 6.45) is 0. The zero-order valence-electron chi connectivity index (χ0n) is 42.1. The summed E-state index contributed by atoms with van der Waals surface area (Å²) in [6.45, 7) is -0.213. The van der Waals surface area contributed by atoms with Gasteiger partial charge in [0.1, 0.15) is 34.2 Å². The Morgan fingerprint density at radius 1 is 0.500 bits per heavy atom.